The summed E-state index contributed by atoms with van der Waals surface area (Å²) >= 11 is 0. The van der Waals surface area contributed by atoms with Gasteiger partial charge in [0.2, 0.25) is 5.91 Å². The molecule has 1 aromatic rings. The van der Waals surface area contributed by atoms with Crippen LogP contribution in [0.2, 0.25) is 0 Å². The number of rotatable bonds is 4. The lowest BCUT2D eigenvalue weighted by molar-refractivity contribution is -0.138. The fourth-order valence-corrected chi connectivity index (χ4v) is 2.65. The van der Waals surface area contributed by atoms with Gasteiger partial charge in [-0.05, 0) is 44.0 Å². The summed E-state index contributed by atoms with van der Waals surface area (Å²) in [6.07, 6.45) is -2.23. The summed E-state index contributed by atoms with van der Waals surface area (Å²) in [5, 5.41) is 0. The van der Waals surface area contributed by atoms with Crippen LogP contribution in [-0.4, -0.2) is 18.6 Å². The van der Waals surface area contributed by atoms with Crippen LogP contribution in [0.1, 0.15) is 35.2 Å². The maximum Gasteiger partial charge on any atom is 0.417 e. The van der Waals surface area contributed by atoms with Crippen LogP contribution in [0, 0.1) is 5.92 Å². The van der Waals surface area contributed by atoms with Gasteiger partial charge in [-0.1, -0.05) is 0 Å². The maximum absolute atomic E-state index is 13.0. The van der Waals surface area contributed by atoms with Crippen molar-refractivity contribution in [3.8, 4) is 5.75 Å². The molecule has 0 saturated heterocycles. The molecule has 1 saturated carbocycles. The van der Waals surface area contributed by atoms with Gasteiger partial charge in [0.15, 0.2) is 0 Å². The predicted octanol–water partition coefficient (Wildman–Crippen LogP) is 2.31. The van der Waals surface area contributed by atoms with Gasteiger partial charge in [0.05, 0.1) is 11.1 Å². The summed E-state index contributed by atoms with van der Waals surface area (Å²) < 4.78 is 44.5. The molecule has 4 N–H and O–H groups in total. The Morgan fingerprint density at radius 3 is 2.62 bits per heavy atom. The topological polar surface area (TPSA) is 78.3 Å². The number of amides is 1. The highest BCUT2D eigenvalue weighted by Gasteiger charge is 2.36. The van der Waals surface area contributed by atoms with Crippen molar-refractivity contribution in [3.05, 3.63) is 29.3 Å². The Morgan fingerprint density at radius 2 is 2.05 bits per heavy atom. The van der Waals surface area contributed by atoms with E-state index >= 15 is 0 Å². The molecule has 1 aromatic carbocycles. The Morgan fingerprint density at radius 1 is 1.33 bits per heavy atom. The van der Waals surface area contributed by atoms with E-state index in [9.17, 15) is 18.0 Å². The summed E-state index contributed by atoms with van der Waals surface area (Å²) in [6.45, 7) is 0.441. The van der Waals surface area contributed by atoms with E-state index in [0.29, 0.717) is 6.54 Å². The summed E-state index contributed by atoms with van der Waals surface area (Å²) in [7, 11) is 0. The van der Waals surface area contributed by atoms with Gasteiger partial charge in [0.25, 0.3) is 0 Å². The summed E-state index contributed by atoms with van der Waals surface area (Å²) in [4.78, 5) is 11.1. The van der Waals surface area contributed by atoms with Crippen molar-refractivity contribution in [2.75, 3.05) is 6.54 Å². The number of halogens is 3. The maximum atomic E-state index is 13.0. The zero-order valence-corrected chi connectivity index (χ0v) is 11.3. The van der Waals surface area contributed by atoms with Gasteiger partial charge in [0.1, 0.15) is 11.9 Å². The number of benzene rings is 1. The van der Waals surface area contributed by atoms with E-state index in [0.717, 1.165) is 31.4 Å². The Labute approximate surface area is 120 Å². The second-order valence-electron chi connectivity index (χ2n) is 5.15. The Bertz CT molecular complexity index is 531. The quantitative estimate of drug-likeness (QED) is 0.896. The summed E-state index contributed by atoms with van der Waals surface area (Å²) in [5.41, 5.74) is 8.96. The third-order valence-electron chi connectivity index (χ3n) is 3.74. The number of ether oxygens (including phenoxy) is 1. The number of carbonyl (C=O) groups excluding carboxylic acids is 1. The third kappa shape index (κ3) is 3.47. The van der Waals surface area contributed by atoms with Crippen molar-refractivity contribution >= 4 is 5.91 Å². The van der Waals surface area contributed by atoms with Crippen LogP contribution in [0.3, 0.4) is 0 Å². The first-order valence-electron chi connectivity index (χ1n) is 6.70. The van der Waals surface area contributed by atoms with E-state index in [4.69, 9.17) is 16.2 Å². The molecule has 1 aliphatic carbocycles. The van der Waals surface area contributed by atoms with Crippen molar-refractivity contribution in [1.82, 2.24) is 0 Å². The van der Waals surface area contributed by atoms with Gasteiger partial charge in [0, 0.05) is 5.92 Å². The second kappa shape index (κ2) is 5.93. The molecular formula is C14H17F3N2O2. The van der Waals surface area contributed by atoms with Crippen molar-refractivity contribution < 1.29 is 22.7 Å². The number of hydrogen-bond donors (Lipinski definition) is 2. The van der Waals surface area contributed by atoms with Crippen LogP contribution in [-0.2, 0) is 6.18 Å². The lowest BCUT2D eigenvalue weighted by Gasteiger charge is -2.21. The van der Waals surface area contributed by atoms with Crippen LogP contribution in [0.4, 0.5) is 13.2 Å². The molecule has 0 aromatic heterocycles. The van der Waals surface area contributed by atoms with E-state index < -0.39 is 23.2 Å². The predicted molar refractivity (Wildman–Crippen MR) is 70.8 cm³/mol. The lowest BCUT2D eigenvalue weighted by atomic mass is 10.0. The molecule has 116 valence electrons. The molecule has 4 nitrogen and oxygen atoms in total. The van der Waals surface area contributed by atoms with E-state index in [1.54, 1.807) is 0 Å². The Hall–Kier alpha value is -1.76. The largest absolute Gasteiger partial charge is 0.490 e. The molecule has 21 heavy (non-hydrogen) atoms. The lowest BCUT2D eigenvalue weighted by Crippen LogP contribution is -2.28. The first kappa shape index (κ1) is 15.6. The van der Waals surface area contributed by atoms with Crippen molar-refractivity contribution in [3.63, 3.8) is 0 Å². The Balaban J connectivity index is 2.27. The molecule has 2 unspecified atom stereocenters. The molecule has 1 aliphatic rings. The average Bonchev–Trinajstić information content (AvgIpc) is 2.84. The number of primary amides is 1. The van der Waals surface area contributed by atoms with Crippen molar-refractivity contribution in [2.24, 2.45) is 17.4 Å². The van der Waals surface area contributed by atoms with E-state index in [2.05, 4.69) is 0 Å². The number of hydrogen-bond acceptors (Lipinski definition) is 3. The van der Waals surface area contributed by atoms with Crippen LogP contribution in [0.25, 0.3) is 0 Å². The minimum absolute atomic E-state index is 0.0812. The minimum Gasteiger partial charge on any atom is -0.490 e. The molecule has 0 bridgehead atoms. The smallest absolute Gasteiger partial charge is 0.417 e. The third-order valence-corrected chi connectivity index (χ3v) is 3.74. The SMILES string of the molecule is NCC1CCCC1Oc1ccc(C(N)=O)c(C(F)(F)F)c1. The molecular weight excluding hydrogens is 285 g/mol. The molecule has 2 rings (SSSR count). The van der Waals surface area contributed by atoms with Crippen LogP contribution >= 0.6 is 0 Å². The van der Waals surface area contributed by atoms with Gasteiger partial charge in [-0.25, -0.2) is 0 Å². The van der Waals surface area contributed by atoms with Gasteiger partial charge in [-0.15, -0.1) is 0 Å². The van der Waals surface area contributed by atoms with Crippen LogP contribution in [0.15, 0.2) is 18.2 Å². The first-order valence-corrected chi connectivity index (χ1v) is 6.70. The molecule has 0 heterocycles. The first-order chi connectivity index (χ1) is 9.82. The fourth-order valence-electron chi connectivity index (χ4n) is 2.65. The summed E-state index contributed by atoms with van der Waals surface area (Å²) in [5.74, 6) is -0.887. The molecule has 1 fully saturated rings. The number of carbonyl (C=O) groups is 1. The normalized spacial score (nSPS) is 22.3. The van der Waals surface area contributed by atoms with Crippen molar-refractivity contribution in [2.45, 2.75) is 31.5 Å². The van der Waals surface area contributed by atoms with E-state index in [-0.39, 0.29) is 17.8 Å². The molecule has 1 amide bonds. The number of alkyl halides is 3. The van der Waals surface area contributed by atoms with Gasteiger partial charge in [-0.2, -0.15) is 13.2 Å². The van der Waals surface area contributed by atoms with Gasteiger partial charge in [-0.3, -0.25) is 4.79 Å². The van der Waals surface area contributed by atoms with Gasteiger partial charge >= 0.3 is 6.18 Å². The van der Waals surface area contributed by atoms with Crippen LogP contribution in [0.5, 0.6) is 5.75 Å². The van der Waals surface area contributed by atoms with Crippen LogP contribution < -0.4 is 16.2 Å². The van der Waals surface area contributed by atoms with E-state index in [1.807, 2.05) is 0 Å². The average molecular weight is 302 g/mol. The standard InChI is InChI=1S/C14H17F3N2O2/c15-14(16,17)11-6-9(4-5-10(11)13(19)20)21-12-3-1-2-8(12)7-18/h4-6,8,12H,1-3,7,18H2,(H2,19,20). The molecule has 0 spiro atoms. The molecule has 0 aliphatic heterocycles. The van der Waals surface area contributed by atoms with E-state index in [1.165, 1.54) is 6.07 Å². The van der Waals surface area contributed by atoms with Crippen molar-refractivity contribution in [1.29, 1.82) is 0 Å². The molecule has 7 heteroatoms. The Kier molecular flexibility index (Phi) is 4.41. The highest BCUT2D eigenvalue weighted by atomic mass is 19.4. The minimum atomic E-state index is -4.66. The molecule has 0 radical (unpaired) electrons. The second-order valence-corrected chi connectivity index (χ2v) is 5.15. The monoisotopic (exact) mass is 302 g/mol. The zero-order chi connectivity index (χ0) is 15.6. The summed E-state index contributed by atoms with van der Waals surface area (Å²) in [6, 6.07) is 3.21. The zero-order valence-electron chi connectivity index (χ0n) is 11.3. The highest BCUT2D eigenvalue weighted by Crippen LogP contribution is 2.36. The fraction of sp³-hybridized carbons (Fsp3) is 0.500. The van der Waals surface area contributed by atoms with Gasteiger partial charge < -0.3 is 16.2 Å². The molecule has 2 atom stereocenters. The highest BCUT2D eigenvalue weighted by molar-refractivity contribution is 5.94. The number of nitrogens with two attached hydrogens (primary N) is 2.